The van der Waals surface area contributed by atoms with Gasteiger partial charge < -0.3 is 52.2 Å². The van der Waals surface area contributed by atoms with Crippen molar-refractivity contribution in [3.63, 3.8) is 0 Å². The molecule has 418 valence electrons. The number of hydrogen-bond acceptors (Lipinski definition) is 11. The van der Waals surface area contributed by atoms with E-state index >= 15 is 0 Å². The fraction of sp³-hybridized carbons (Fsp3) is 0.811. The van der Waals surface area contributed by atoms with Gasteiger partial charge in [0.2, 0.25) is 41.4 Å². The molecule has 0 aliphatic carbocycles. The number of carboxylic acids is 2. The number of unbranched alkanes of at least 4 members (excludes halogenated alkanes) is 5. The molecule has 20 heteroatoms. The van der Waals surface area contributed by atoms with Crippen LogP contribution in [0.5, 0.6) is 0 Å². The molecule has 0 spiro atoms. The van der Waals surface area contributed by atoms with Gasteiger partial charge in [-0.15, -0.1) is 0 Å². The molecule has 0 radical (unpaired) electrons. The predicted molar refractivity (Wildman–Crippen MR) is 276 cm³/mol. The quantitative estimate of drug-likeness (QED) is 0.0453. The molecule has 1 aliphatic heterocycles. The Morgan fingerprint density at radius 1 is 0.534 bits per heavy atom. The minimum atomic E-state index is -1.71. The highest BCUT2D eigenvalue weighted by atomic mass is 16.5. The van der Waals surface area contributed by atoms with E-state index < -0.39 is 133 Å². The number of nitrogens with one attached hydrogen (secondary N) is 7. The summed E-state index contributed by atoms with van der Waals surface area (Å²) in [4.78, 5) is 135. The van der Waals surface area contributed by atoms with Gasteiger partial charge in [-0.1, -0.05) is 121 Å². The van der Waals surface area contributed by atoms with Gasteiger partial charge in [0.15, 0.2) is 0 Å². The van der Waals surface area contributed by atoms with E-state index in [1.165, 1.54) is 13.3 Å². The largest absolute Gasteiger partial charge is 0.481 e. The van der Waals surface area contributed by atoms with Gasteiger partial charge in [-0.25, -0.2) is 4.79 Å². The van der Waals surface area contributed by atoms with Crippen molar-refractivity contribution in [2.75, 3.05) is 0 Å². The number of rotatable bonds is 24. The Morgan fingerprint density at radius 3 is 1.55 bits per heavy atom. The molecule has 0 bridgehead atoms. The van der Waals surface area contributed by atoms with E-state index in [0.29, 0.717) is 18.3 Å². The van der Waals surface area contributed by atoms with Crippen LogP contribution < -0.4 is 37.2 Å². The average Bonchev–Trinajstić information content (AvgIpc) is 3.27. The van der Waals surface area contributed by atoms with Crippen LogP contribution in [0.3, 0.4) is 0 Å². The molecule has 1 rings (SSSR count). The summed E-state index contributed by atoms with van der Waals surface area (Å²) in [5.41, 5.74) is 0. The first kappa shape index (κ1) is 65.7. The van der Waals surface area contributed by atoms with Crippen LogP contribution in [0.4, 0.5) is 0 Å². The van der Waals surface area contributed by atoms with Crippen molar-refractivity contribution in [1.82, 2.24) is 37.2 Å². The first-order valence-electron chi connectivity index (χ1n) is 26.9. The molecule has 10 unspecified atom stereocenters. The lowest BCUT2D eigenvalue weighted by molar-refractivity contribution is -0.155. The maximum Gasteiger partial charge on any atom is 0.328 e. The Bertz CT molecular complexity index is 1810. The molecular formula is C53H93N7O13. The third kappa shape index (κ3) is 27.5. The van der Waals surface area contributed by atoms with Crippen molar-refractivity contribution in [2.45, 2.75) is 241 Å². The molecule has 1 heterocycles. The zero-order chi connectivity index (χ0) is 55.5. The van der Waals surface area contributed by atoms with Crippen LogP contribution in [0, 0.1) is 35.5 Å². The Hall–Kier alpha value is -5.30. The highest BCUT2D eigenvalue weighted by Crippen LogP contribution is 2.22. The van der Waals surface area contributed by atoms with Crippen LogP contribution in [0.15, 0.2) is 0 Å². The van der Waals surface area contributed by atoms with E-state index in [1.807, 2.05) is 13.8 Å². The number of hydrogen-bond donors (Lipinski definition) is 9. The molecule has 9 N–H and O–H groups in total. The van der Waals surface area contributed by atoms with Crippen LogP contribution in [0.1, 0.15) is 192 Å². The number of esters is 1. The number of cyclic esters (lactones) is 1. The maximum atomic E-state index is 14.2. The fourth-order valence-electron chi connectivity index (χ4n) is 8.74. The second-order valence-electron chi connectivity index (χ2n) is 22.1. The topological polar surface area (TPSA) is 305 Å². The fourth-order valence-corrected chi connectivity index (χ4v) is 8.74. The van der Waals surface area contributed by atoms with Gasteiger partial charge in [0.25, 0.3) is 0 Å². The van der Waals surface area contributed by atoms with Gasteiger partial charge in [-0.2, -0.15) is 0 Å². The normalized spacial score (nSPS) is 24.8. The van der Waals surface area contributed by atoms with Crippen LogP contribution in [-0.2, 0) is 52.7 Å². The van der Waals surface area contributed by atoms with Gasteiger partial charge >= 0.3 is 17.9 Å². The van der Waals surface area contributed by atoms with Crippen molar-refractivity contribution in [3.05, 3.63) is 0 Å². The second kappa shape index (κ2) is 34.2. The molecule has 20 nitrogen and oxygen atoms in total. The number of ether oxygens (including phenoxy) is 1. The maximum absolute atomic E-state index is 14.2. The summed E-state index contributed by atoms with van der Waals surface area (Å²) in [6, 6.07) is -9.67. The number of carbonyl (C=O) groups excluding carboxylic acids is 8. The Labute approximate surface area is 434 Å². The number of carbonyl (C=O) groups is 10. The zero-order valence-corrected chi connectivity index (χ0v) is 46.0. The monoisotopic (exact) mass is 1040 g/mol. The first-order valence-corrected chi connectivity index (χ1v) is 26.9. The van der Waals surface area contributed by atoms with Gasteiger partial charge in [0.05, 0.1) is 12.8 Å². The van der Waals surface area contributed by atoms with Crippen LogP contribution in [0.2, 0.25) is 0 Å². The van der Waals surface area contributed by atoms with E-state index in [-0.39, 0.29) is 49.9 Å². The summed E-state index contributed by atoms with van der Waals surface area (Å²) in [5, 5.41) is 37.4. The third-order valence-corrected chi connectivity index (χ3v) is 13.0. The number of amides is 7. The molecule has 7 amide bonds. The van der Waals surface area contributed by atoms with Crippen LogP contribution in [0.25, 0.3) is 0 Å². The van der Waals surface area contributed by atoms with Crippen molar-refractivity contribution >= 4 is 59.3 Å². The Morgan fingerprint density at radius 2 is 1.01 bits per heavy atom. The van der Waals surface area contributed by atoms with Crippen molar-refractivity contribution in [3.8, 4) is 0 Å². The number of carboxylic acid groups (broad SMARTS) is 2. The molecule has 1 fully saturated rings. The highest BCUT2D eigenvalue weighted by Gasteiger charge is 2.36. The molecule has 1 saturated heterocycles. The number of aliphatic carboxylic acids is 2. The smallest absolute Gasteiger partial charge is 0.328 e. The molecule has 1 aliphatic rings. The Kier molecular flexibility index (Phi) is 30.8. The molecule has 0 aromatic heterocycles. The van der Waals surface area contributed by atoms with Gasteiger partial charge in [0, 0.05) is 6.42 Å². The third-order valence-electron chi connectivity index (χ3n) is 13.0. The molecule has 0 aromatic carbocycles. The minimum absolute atomic E-state index is 0.0400. The summed E-state index contributed by atoms with van der Waals surface area (Å²) in [7, 11) is 0. The van der Waals surface area contributed by atoms with Crippen molar-refractivity contribution < 1.29 is 62.9 Å². The molecule has 0 saturated carbocycles. The van der Waals surface area contributed by atoms with Gasteiger partial charge in [0.1, 0.15) is 48.4 Å². The zero-order valence-electron chi connectivity index (χ0n) is 46.0. The first-order chi connectivity index (χ1) is 34.1. The van der Waals surface area contributed by atoms with Gasteiger partial charge in [-0.05, 0) is 87.4 Å². The van der Waals surface area contributed by atoms with Crippen LogP contribution >= 0.6 is 0 Å². The van der Waals surface area contributed by atoms with E-state index in [2.05, 4.69) is 58.0 Å². The molecular weight excluding hydrogens is 943 g/mol. The van der Waals surface area contributed by atoms with Crippen LogP contribution in [-0.4, -0.2) is 118 Å². The SMILES string of the molecule is CCC(C)CC(C)CCCCCCCCC1CC(=O)NC(CCC(=O)O)C(=O)NC(C(C)C)C(=O)NC(CC(C)C)C(=O)NC(C)C(=O)NC(CC(=O)O)C(=O)NC(CC(C)C)C(=O)NC(CC(C)C)C(=O)O1. The van der Waals surface area contributed by atoms with E-state index in [1.54, 1.807) is 41.5 Å². The lowest BCUT2D eigenvalue weighted by atomic mass is 9.91. The lowest BCUT2D eigenvalue weighted by Crippen LogP contribution is -2.60. The molecule has 10 atom stereocenters. The average molecular weight is 1040 g/mol. The molecule has 73 heavy (non-hydrogen) atoms. The predicted octanol–water partition coefficient (Wildman–Crippen LogP) is 5.04. The van der Waals surface area contributed by atoms with Crippen molar-refractivity contribution in [1.29, 1.82) is 0 Å². The van der Waals surface area contributed by atoms with E-state index in [0.717, 1.165) is 44.9 Å². The minimum Gasteiger partial charge on any atom is -0.481 e. The summed E-state index contributed by atoms with van der Waals surface area (Å²) in [5.74, 6) is -9.30. The second-order valence-corrected chi connectivity index (χ2v) is 22.1. The summed E-state index contributed by atoms with van der Waals surface area (Å²) in [6.45, 7) is 22.1. The van der Waals surface area contributed by atoms with Gasteiger partial charge in [-0.3, -0.25) is 43.2 Å². The molecule has 0 aromatic rings. The van der Waals surface area contributed by atoms with E-state index in [9.17, 15) is 58.2 Å². The van der Waals surface area contributed by atoms with Crippen molar-refractivity contribution in [2.24, 2.45) is 35.5 Å². The van der Waals surface area contributed by atoms with E-state index in [4.69, 9.17) is 4.74 Å². The summed E-state index contributed by atoms with van der Waals surface area (Å²) < 4.78 is 6.04. The highest BCUT2D eigenvalue weighted by molar-refractivity contribution is 5.98. The summed E-state index contributed by atoms with van der Waals surface area (Å²) in [6.07, 6.45) is 6.14. The lowest BCUT2D eigenvalue weighted by Gasteiger charge is -2.28. The summed E-state index contributed by atoms with van der Waals surface area (Å²) >= 11 is 0. The standard InChI is InChI=1S/C53H93N7O13/c1-13-34(10)27-35(11)20-18-16-14-15-17-19-21-37-28-43(61)55-38(22-23-44(62)63)48(67)60-46(33(8)9)52(71)58-39(24-30(2)3)49(68)54-36(12)47(66)56-41(29-45(64)65)51(70)57-40(25-31(4)5)50(69)59-42(26-32(6)7)53(72)73-37/h30-42,46H,13-29H2,1-12H3,(H,54,68)(H,55,61)(H,56,66)(H,57,70)(H,58,71)(H,59,69)(H,60,67)(H,62,63)(H,64,65). The Balaban J connectivity index is 3.79.